The van der Waals surface area contributed by atoms with E-state index >= 15 is 0 Å². The Morgan fingerprint density at radius 2 is 2.22 bits per heavy atom. The lowest BCUT2D eigenvalue weighted by molar-refractivity contribution is 0.0314. The molecule has 1 aliphatic heterocycles. The Kier molecular flexibility index (Phi) is 4.07. The minimum atomic E-state index is -0.0871. The van der Waals surface area contributed by atoms with Crippen LogP contribution < -0.4 is 5.32 Å². The molecule has 0 radical (unpaired) electrons. The van der Waals surface area contributed by atoms with E-state index in [2.05, 4.69) is 22.2 Å². The first kappa shape index (κ1) is 13.6. The van der Waals surface area contributed by atoms with E-state index in [1.165, 1.54) is 0 Å². The van der Waals surface area contributed by atoms with Gasteiger partial charge in [0.2, 0.25) is 0 Å². The first-order valence-electron chi connectivity index (χ1n) is 6.45. The molecule has 1 aromatic rings. The second-order valence-electron chi connectivity index (χ2n) is 5.01. The van der Waals surface area contributed by atoms with Gasteiger partial charge < -0.3 is 10.1 Å². The fraction of sp³-hybridized carbons (Fsp3) is 0.692. The van der Waals surface area contributed by atoms with Gasteiger partial charge in [0.15, 0.2) is 0 Å². The van der Waals surface area contributed by atoms with Crippen LogP contribution in [0.5, 0.6) is 0 Å². The van der Waals surface area contributed by atoms with Crippen molar-refractivity contribution in [1.82, 2.24) is 9.97 Å². The molecular weight excluding hydrogens is 250 g/mol. The fourth-order valence-electron chi connectivity index (χ4n) is 2.11. The standard InChI is InChI=1S/C13H20ClN3O/c1-4-10-16-11(14)9(2)12(17-10)15-8-13(3)6-5-7-18-13/h4-8H2,1-3H3,(H,15,16,17). The zero-order valence-electron chi connectivity index (χ0n) is 11.2. The molecule has 1 fully saturated rings. The number of hydrogen-bond donors (Lipinski definition) is 1. The van der Waals surface area contributed by atoms with Crippen LogP contribution in [-0.4, -0.2) is 28.7 Å². The van der Waals surface area contributed by atoms with E-state index in [9.17, 15) is 0 Å². The summed E-state index contributed by atoms with van der Waals surface area (Å²) in [7, 11) is 0. The molecule has 1 unspecified atom stereocenters. The molecule has 100 valence electrons. The van der Waals surface area contributed by atoms with Gasteiger partial charge in [-0.05, 0) is 26.7 Å². The predicted octanol–water partition coefficient (Wildman–Crippen LogP) is 2.98. The molecule has 5 heteroatoms. The molecule has 2 heterocycles. The van der Waals surface area contributed by atoms with Crippen LogP contribution in [-0.2, 0) is 11.2 Å². The van der Waals surface area contributed by atoms with Gasteiger partial charge in [0, 0.05) is 25.1 Å². The molecule has 0 spiro atoms. The third-order valence-electron chi connectivity index (χ3n) is 3.38. The van der Waals surface area contributed by atoms with Crippen LogP contribution in [0.2, 0.25) is 5.15 Å². The molecule has 1 aromatic heterocycles. The van der Waals surface area contributed by atoms with E-state index in [4.69, 9.17) is 16.3 Å². The maximum Gasteiger partial charge on any atom is 0.137 e. The summed E-state index contributed by atoms with van der Waals surface area (Å²) in [6, 6.07) is 0. The number of aryl methyl sites for hydroxylation is 1. The maximum atomic E-state index is 6.11. The number of halogens is 1. The van der Waals surface area contributed by atoms with Gasteiger partial charge in [-0.25, -0.2) is 9.97 Å². The number of nitrogens with one attached hydrogen (secondary N) is 1. The third kappa shape index (κ3) is 2.93. The summed E-state index contributed by atoms with van der Waals surface area (Å²) in [4.78, 5) is 8.71. The van der Waals surface area contributed by atoms with Crippen molar-refractivity contribution in [1.29, 1.82) is 0 Å². The maximum absolute atomic E-state index is 6.11. The van der Waals surface area contributed by atoms with Crippen molar-refractivity contribution in [3.05, 3.63) is 16.5 Å². The normalized spacial score (nSPS) is 23.3. The van der Waals surface area contributed by atoms with Crippen molar-refractivity contribution in [3.63, 3.8) is 0 Å². The predicted molar refractivity (Wildman–Crippen MR) is 73.2 cm³/mol. The highest BCUT2D eigenvalue weighted by Gasteiger charge is 2.29. The van der Waals surface area contributed by atoms with E-state index in [1.807, 2.05) is 13.8 Å². The lowest BCUT2D eigenvalue weighted by atomic mass is 10.0. The number of rotatable bonds is 4. The molecule has 0 amide bonds. The Hall–Kier alpha value is -0.870. The highest BCUT2D eigenvalue weighted by atomic mass is 35.5. The zero-order chi connectivity index (χ0) is 13.2. The molecule has 4 nitrogen and oxygen atoms in total. The van der Waals surface area contributed by atoms with E-state index < -0.39 is 0 Å². The number of ether oxygens (including phenoxy) is 1. The lowest BCUT2D eigenvalue weighted by Gasteiger charge is -2.24. The van der Waals surface area contributed by atoms with Crippen LogP contribution in [0.3, 0.4) is 0 Å². The third-order valence-corrected chi connectivity index (χ3v) is 3.75. The summed E-state index contributed by atoms with van der Waals surface area (Å²) in [6.07, 6.45) is 2.99. The van der Waals surface area contributed by atoms with Crippen molar-refractivity contribution in [2.45, 2.75) is 45.6 Å². The minimum absolute atomic E-state index is 0.0871. The average Bonchev–Trinajstić information content (AvgIpc) is 2.78. The SMILES string of the molecule is CCc1nc(Cl)c(C)c(NCC2(C)CCCO2)n1. The van der Waals surface area contributed by atoms with Crippen LogP contribution in [0.25, 0.3) is 0 Å². The first-order valence-corrected chi connectivity index (χ1v) is 6.83. The quantitative estimate of drug-likeness (QED) is 0.854. The molecule has 1 N–H and O–H groups in total. The molecule has 1 atom stereocenters. The molecule has 1 aliphatic rings. The Morgan fingerprint density at radius 1 is 1.44 bits per heavy atom. The van der Waals surface area contributed by atoms with Crippen molar-refractivity contribution < 1.29 is 4.74 Å². The Labute approximate surface area is 113 Å². The monoisotopic (exact) mass is 269 g/mol. The largest absolute Gasteiger partial charge is 0.373 e. The van der Waals surface area contributed by atoms with Crippen LogP contribution in [0.4, 0.5) is 5.82 Å². The van der Waals surface area contributed by atoms with Gasteiger partial charge in [-0.1, -0.05) is 18.5 Å². The molecule has 1 saturated heterocycles. The highest BCUT2D eigenvalue weighted by Crippen LogP contribution is 2.26. The van der Waals surface area contributed by atoms with E-state index in [-0.39, 0.29) is 5.60 Å². The molecular formula is C13H20ClN3O. The van der Waals surface area contributed by atoms with Gasteiger partial charge in [0.05, 0.1) is 5.60 Å². The summed E-state index contributed by atoms with van der Waals surface area (Å²) in [5.41, 5.74) is 0.812. The fourth-order valence-corrected chi connectivity index (χ4v) is 2.30. The Balaban J connectivity index is 2.11. The van der Waals surface area contributed by atoms with Gasteiger partial charge >= 0.3 is 0 Å². The smallest absolute Gasteiger partial charge is 0.137 e. The number of nitrogens with zero attached hydrogens (tertiary/aromatic N) is 2. The first-order chi connectivity index (χ1) is 8.54. The minimum Gasteiger partial charge on any atom is -0.373 e. The van der Waals surface area contributed by atoms with Gasteiger partial charge in [0.1, 0.15) is 16.8 Å². The number of anilines is 1. The second-order valence-corrected chi connectivity index (χ2v) is 5.37. The summed E-state index contributed by atoms with van der Waals surface area (Å²) >= 11 is 6.11. The Morgan fingerprint density at radius 3 is 2.83 bits per heavy atom. The van der Waals surface area contributed by atoms with Gasteiger partial charge in [-0.2, -0.15) is 0 Å². The van der Waals surface area contributed by atoms with E-state index in [1.54, 1.807) is 0 Å². The van der Waals surface area contributed by atoms with Gasteiger partial charge in [0.25, 0.3) is 0 Å². The van der Waals surface area contributed by atoms with Gasteiger partial charge in [-0.3, -0.25) is 0 Å². The highest BCUT2D eigenvalue weighted by molar-refractivity contribution is 6.30. The van der Waals surface area contributed by atoms with Crippen molar-refractivity contribution in [3.8, 4) is 0 Å². The number of hydrogen-bond acceptors (Lipinski definition) is 4. The topological polar surface area (TPSA) is 47.0 Å². The van der Waals surface area contributed by atoms with Crippen LogP contribution in [0, 0.1) is 6.92 Å². The van der Waals surface area contributed by atoms with Crippen molar-refractivity contribution >= 4 is 17.4 Å². The molecule has 0 saturated carbocycles. The van der Waals surface area contributed by atoms with E-state index in [0.717, 1.165) is 49.6 Å². The van der Waals surface area contributed by atoms with Crippen molar-refractivity contribution in [2.24, 2.45) is 0 Å². The second kappa shape index (κ2) is 5.41. The van der Waals surface area contributed by atoms with E-state index in [0.29, 0.717) is 5.15 Å². The summed E-state index contributed by atoms with van der Waals surface area (Å²) < 4.78 is 5.75. The summed E-state index contributed by atoms with van der Waals surface area (Å²) in [5.74, 6) is 1.59. The van der Waals surface area contributed by atoms with Crippen LogP contribution in [0.1, 0.15) is 38.1 Å². The lowest BCUT2D eigenvalue weighted by Crippen LogP contribution is -2.33. The molecule has 2 rings (SSSR count). The van der Waals surface area contributed by atoms with Crippen molar-refractivity contribution in [2.75, 3.05) is 18.5 Å². The molecule has 0 aliphatic carbocycles. The summed E-state index contributed by atoms with van der Waals surface area (Å²) in [5, 5.41) is 3.88. The summed E-state index contributed by atoms with van der Waals surface area (Å²) in [6.45, 7) is 7.69. The molecule has 0 aromatic carbocycles. The Bertz CT molecular complexity index is 430. The van der Waals surface area contributed by atoms with Crippen LogP contribution in [0.15, 0.2) is 0 Å². The van der Waals surface area contributed by atoms with Gasteiger partial charge in [-0.15, -0.1) is 0 Å². The molecule has 18 heavy (non-hydrogen) atoms. The zero-order valence-corrected chi connectivity index (χ0v) is 12.0. The van der Waals surface area contributed by atoms with Crippen LogP contribution >= 0.6 is 11.6 Å². The number of aromatic nitrogens is 2. The average molecular weight is 270 g/mol. The molecule has 0 bridgehead atoms.